The van der Waals surface area contributed by atoms with Gasteiger partial charge in [0.05, 0.1) is 7.11 Å². The van der Waals surface area contributed by atoms with Crippen molar-refractivity contribution in [1.29, 1.82) is 0 Å². The number of hydrogen-bond donors (Lipinski definition) is 0. The number of methoxy groups -OCH3 is 1. The van der Waals surface area contributed by atoms with Crippen LogP contribution in [0, 0.1) is 0 Å². The smallest absolute Gasteiger partial charge is 0.119 e. The monoisotopic (exact) mass is 261 g/mol. The molecule has 0 N–H and O–H groups in total. The summed E-state index contributed by atoms with van der Waals surface area (Å²) in [5.41, 5.74) is 1.40. The predicted octanol–water partition coefficient (Wildman–Crippen LogP) is 3.89. The summed E-state index contributed by atoms with van der Waals surface area (Å²) in [4.78, 5) is 2.63. The van der Waals surface area contributed by atoms with Crippen LogP contribution in [0.15, 0.2) is 24.3 Å². The van der Waals surface area contributed by atoms with Crippen molar-refractivity contribution in [1.82, 2.24) is 4.90 Å². The number of aryl methyl sites for hydroxylation is 1. The van der Waals surface area contributed by atoms with E-state index >= 15 is 0 Å². The quantitative estimate of drug-likeness (QED) is 0.690. The van der Waals surface area contributed by atoms with Gasteiger partial charge in [-0.3, -0.25) is 0 Å². The number of nitrogens with zero attached hydrogens (tertiary/aromatic N) is 1. The average Bonchev–Trinajstić information content (AvgIpc) is 2.48. The molecule has 19 heavy (non-hydrogen) atoms. The summed E-state index contributed by atoms with van der Waals surface area (Å²) >= 11 is 0. The number of piperidine rings is 1. The van der Waals surface area contributed by atoms with E-state index in [4.69, 9.17) is 4.74 Å². The molecule has 1 aromatic carbocycles. The zero-order valence-corrected chi connectivity index (χ0v) is 12.2. The summed E-state index contributed by atoms with van der Waals surface area (Å²) in [6.07, 6.45) is 9.41. The van der Waals surface area contributed by atoms with Crippen LogP contribution in [-0.4, -0.2) is 31.6 Å². The molecule has 1 aliphatic rings. The molecule has 0 aromatic heterocycles. The normalized spacial score (nSPS) is 16.5. The minimum Gasteiger partial charge on any atom is -0.497 e. The summed E-state index contributed by atoms with van der Waals surface area (Å²) in [6.45, 7) is 3.96. The lowest BCUT2D eigenvalue weighted by atomic mass is 10.1. The first-order valence-electron chi connectivity index (χ1n) is 7.74. The van der Waals surface area contributed by atoms with E-state index in [9.17, 15) is 0 Å². The molecule has 2 heteroatoms. The second-order valence-electron chi connectivity index (χ2n) is 5.56. The highest BCUT2D eigenvalue weighted by Gasteiger charge is 2.08. The summed E-state index contributed by atoms with van der Waals surface area (Å²) in [6, 6.07) is 8.46. The van der Waals surface area contributed by atoms with Crippen molar-refractivity contribution in [2.75, 3.05) is 26.7 Å². The van der Waals surface area contributed by atoms with Gasteiger partial charge < -0.3 is 9.64 Å². The van der Waals surface area contributed by atoms with Gasteiger partial charge in [-0.05, 0) is 69.4 Å². The molecule has 1 heterocycles. The Kier molecular flexibility index (Phi) is 6.22. The van der Waals surface area contributed by atoms with Gasteiger partial charge in [-0.15, -0.1) is 0 Å². The molecule has 1 aliphatic heterocycles. The van der Waals surface area contributed by atoms with E-state index in [2.05, 4.69) is 23.1 Å². The maximum Gasteiger partial charge on any atom is 0.119 e. The minimum atomic E-state index is 0.978. The van der Waals surface area contributed by atoms with Crippen LogP contribution in [0.5, 0.6) is 5.75 Å². The van der Waals surface area contributed by atoms with Crippen LogP contribution >= 0.6 is 0 Å². The topological polar surface area (TPSA) is 12.5 Å². The van der Waals surface area contributed by atoms with Crippen molar-refractivity contribution in [3.63, 3.8) is 0 Å². The molecule has 2 nitrogen and oxygen atoms in total. The molecule has 0 aliphatic carbocycles. The highest BCUT2D eigenvalue weighted by Crippen LogP contribution is 2.15. The Bertz CT molecular complexity index is 358. The lowest BCUT2D eigenvalue weighted by molar-refractivity contribution is 0.224. The molecule has 0 atom stereocenters. The largest absolute Gasteiger partial charge is 0.497 e. The molecule has 0 amide bonds. The standard InChI is InChI=1S/C17H27NO/c1-19-17-11-8-10-16(15-17)9-4-2-5-12-18-13-6-3-7-14-18/h8,10-11,15H,2-7,9,12-14H2,1H3. The van der Waals surface area contributed by atoms with Crippen LogP contribution in [0.4, 0.5) is 0 Å². The van der Waals surface area contributed by atoms with Crippen LogP contribution in [0.2, 0.25) is 0 Å². The molecule has 0 spiro atoms. The lowest BCUT2D eigenvalue weighted by Crippen LogP contribution is -2.30. The highest BCUT2D eigenvalue weighted by molar-refractivity contribution is 5.28. The van der Waals surface area contributed by atoms with Gasteiger partial charge in [0, 0.05) is 0 Å². The Labute approximate surface area is 117 Å². The Hall–Kier alpha value is -1.02. The molecule has 0 radical (unpaired) electrons. The van der Waals surface area contributed by atoms with Crippen molar-refractivity contribution >= 4 is 0 Å². The van der Waals surface area contributed by atoms with Gasteiger partial charge >= 0.3 is 0 Å². The van der Waals surface area contributed by atoms with Crippen LogP contribution in [0.1, 0.15) is 44.1 Å². The molecule has 0 bridgehead atoms. The summed E-state index contributed by atoms with van der Waals surface area (Å²) in [5.74, 6) is 0.978. The van der Waals surface area contributed by atoms with Crippen LogP contribution in [0.25, 0.3) is 0 Å². The van der Waals surface area contributed by atoms with Crippen molar-refractivity contribution < 1.29 is 4.74 Å². The maximum atomic E-state index is 5.25. The summed E-state index contributed by atoms with van der Waals surface area (Å²) in [5, 5.41) is 0. The molecular weight excluding hydrogens is 234 g/mol. The van der Waals surface area contributed by atoms with Gasteiger partial charge in [-0.1, -0.05) is 25.0 Å². The van der Waals surface area contributed by atoms with Gasteiger partial charge in [-0.2, -0.15) is 0 Å². The van der Waals surface area contributed by atoms with E-state index in [1.54, 1.807) is 7.11 Å². The van der Waals surface area contributed by atoms with Crippen LogP contribution < -0.4 is 4.74 Å². The number of ether oxygens (including phenoxy) is 1. The molecule has 1 saturated heterocycles. The van der Waals surface area contributed by atoms with Gasteiger partial charge in [0.2, 0.25) is 0 Å². The second kappa shape index (κ2) is 8.21. The van der Waals surface area contributed by atoms with Crippen LogP contribution in [-0.2, 0) is 6.42 Å². The predicted molar refractivity (Wildman–Crippen MR) is 80.8 cm³/mol. The van der Waals surface area contributed by atoms with Gasteiger partial charge in [-0.25, -0.2) is 0 Å². The molecule has 106 valence electrons. The zero-order chi connectivity index (χ0) is 13.3. The fraction of sp³-hybridized carbons (Fsp3) is 0.647. The number of unbranched alkanes of at least 4 members (excludes halogenated alkanes) is 2. The molecule has 2 rings (SSSR count). The van der Waals surface area contributed by atoms with E-state index in [-0.39, 0.29) is 0 Å². The second-order valence-corrected chi connectivity index (χ2v) is 5.56. The molecule has 1 aromatic rings. The third-order valence-electron chi connectivity index (χ3n) is 4.02. The van der Waals surface area contributed by atoms with E-state index in [1.165, 1.54) is 70.1 Å². The Morgan fingerprint density at radius 2 is 1.89 bits per heavy atom. The number of rotatable bonds is 7. The van der Waals surface area contributed by atoms with E-state index in [0.717, 1.165) is 5.75 Å². The Morgan fingerprint density at radius 3 is 2.68 bits per heavy atom. The third-order valence-corrected chi connectivity index (χ3v) is 4.02. The fourth-order valence-electron chi connectivity index (χ4n) is 2.85. The number of hydrogen-bond acceptors (Lipinski definition) is 2. The van der Waals surface area contributed by atoms with Gasteiger partial charge in [0.25, 0.3) is 0 Å². The van der Waals surface area contributed by atoms with E-state index in [1.807, 2.05) is 6.07 Å². The lowest BCUT2D eigenvalue weighted by Gasteiger charge is -2.26. The van der Waals surface area contributed by atoms with Crippen molar-refractivity contribution in [3.05, 3.63) is 29.8 Å². The SMILES string of the molecule is COc1cccc(CCCCCN2CCCCC2)c1. The number of benzene rings is 1. The minimum absolute atomic E-state index is 0.978. The third kappa shape index (κ3) is 5.23. The summed E-state index contributed by atoms with van der Waals surface area (Å²) < 4.78 is 5.25. The number of likely N-dealkylation sites (tertiary alicyclic amines) is 1. The zero-order valence-electron chi connectivity index (χ0n) is 12.2. The van der Waals surface area contributed by atoms with Crippen molar-refractivity contribution in [3.8, 4) is 5.75 Å². The molecule has 0 saturated carbocycles. The van der Waals surface area contributed by atoms with E-state index < -0.39 is 0 Å². The maximum absolute atomic E-state index is 5.25. The first-order chi connectivity index (χ1) is 9.38. The van der Waals surface area contributed by atoms with Crippen LogP contribution in [0.3, 0.4) is 0 Å². The first kappa shape index (κ1) is 14.4. The van der Waals surface area contributed by atoms with Crippen molar-refractivity contribution in [2.24, 2.45) is 0 Å². The van der Waals surface area contributed by atoms with Gasteiger partial charge in [0.1, 0.15) is 5.75 Å². The average molecular weight is 261 g/mol. The Morgan fingerprint density at radius 1 is 1.05 bits per heavy atom. The first-order valence-corrected chi connectivity index (χ1v) is 7.74. The summed E-state index contributed by atoms with van der Waals surface area (Å²) in [7, 11) is 1.73. The molecular formula is C17H27NO. The Balaban J connectivity index is 1.58. The van der Waals surface area contributed by atoms with Gasteiger partial charge in [0.15, 0.2) is 0 Å². The fourth-order valence-corrected chi connectivity index (χ4v) is 2.85. The van der Waals surface area contributed by atoms with E-state index in [0.29, 0.717) is 0 Å². The molecule has 0 unspecified atom stereocenters. The molecule has 1 fully saturated rings. The van der Waals surface area contributed by atoms with Crippen molar-refractivity contribution in [2.45, 2.75) is 44.9 Å². The highest BCUT2D eigenvalue weighted by atomic mass is 16.5.